The van der Waals surface area contributed by atoms with Crippen LogP contribution in [-0.4, -0.2) is 48.7 Å². The van der Waals surface area contributed by atoms with Crippen molar-refractivity contribution in [2.75, 3.05) is 42.9 Å². The highest BCUT2D eigenvalue weighted by Gasteiger charge is 2.17. The van der Waals surface area contributed by atoms with Gasteiger partial charge in [-0.25, -0.2) is 4.79 Å². The van der Waals surface area contributed by atoms with Gasteiger partial charge in [0.05, 0.1) is 16.9 Å². The van der Waals surface area contributed by atoms with Gasteiger partial charge in [0.2, 0.25) is 0 Å². The standard InChI is InChI=1S/C20H25N3O2/c1-2-22-11-13-23(14-12-22)19-6-4-3-5-18(19)21-15-16-7-9-17(10-8-16)20(24)25/h3-10,21H,2,11-15H2,1H3,(H,24,25). The lowest BCUT2D eigenvalue weighted by Crippen LogP contribution is -2.46. The predicted octanol–water partition coefficient (Wildman–Crippen LogP) is 3.14. The van der Waals surface area contributed by atoms with Crippen molar-refractivity contribution in [2.24, 2.45) is 0 Å². The third kappa shape index (κ3) is 4.31. The molecule has 2 aromatic rings. The van der Waals surface area contributed by atoms with Crippen LogP contribution in [0.3, 0.4) is 0 Å². The molecule has 25 heavy (non-hydrogen) atoms. The highest BCUT2D eigenvalue weighted by Crippen LogP contribution is 2.27. The summed E-state index contributed by atoms with van der Waals surface area (Å²) in [5, 5.41) is 12.5. The van der Waals surface area contributed by atoms with Crippen LogP contribution in [0.5, 0.6) is 0 Å². The smallest absolute Gasteiger partial charge is 0.335 e. The SMILES string of the molecule is CCN1CCN(c2ccccc2NCc2ccc(C(=O)O)cc2)CC1. The van der Waals surface area contributed by atoms with Gasteiger partial charge in [-0.1, -0.05) is 31.2 Å². The van der Waals surface area contributed by atoms with Gasteiger partial charge in [-0.3, -0.25) is 0 Å². The first-order chi connectivity index (χ1) is 12.2. The molecule has 1 saturated heterocycles. The second-order valence-electron chi connectivity index (χ2n) is 6.29. The number of piperazine rings is 1. The minimum Gasteiger partial charge on any atom is -0.478 e. The van der Waals surface area contributed by atoms with Crippen molar-refractivity contribution in [3.8, 4) is 0 Å². The summed E-state index contributed by atoms with van der Waals surface area (Å²) in [6.45, 7) is 8.27. The van der Waals surface area contributed by atoms with Gasteiger partial charge in [-0.05, 0) is 36.4 Å². The number of nitrogens with one attached hydrogen (secondary N) is 1. The Morgan fingerprint density at radius 2 is 1.72 bits per heavy atom. The lowest BCUT2D eigenvalue weighted by Gasteiger charge is -2.36. The number of carboxylic acids is 1. The summed E-state index contributed by atoms with van der Waals surface area (Å²) in [7, 11) is 0. The van der Waals surface area contributed by atoms with E-state index in [1.807, 2.05) is 18.2 Å². The lowest BCUT2D eigenvalue weighted by molar-refractivity contribution is 0.0697. The van der Waals surface area contributed by atoms with Crippen molar-refractivity contribution in [1.29, 1.82) is 0 Å². The molecule has 0 unspecified atom stereocenters. The van der Waals surface area contributed by atoms with Crippen molar-refractivity contribution in [2.45, 2.75) is 13.5 Å². The highest BCUT2D eigenvalue weighted by atomic mass is 16.4. The molecule has 1 aliphatic heterocycles. The molecule has 2 N–H and O–H groups in total. The first-order valence-corrected chi connectivity index (χ1v) is 8.80. The second kappa shape index (κ2) is 8.03. The van der Waals surface area contributed by atoms with Crippen LogP contribution in [0.4, 0.5) is 11.4 Å². The quantitative estimate of drug-likeness (QED) is 0.847. The number of aromatic carboxylic acids is 1. The van der Waals surface area contributed by atoms with Crippen LogP contribution in [0, 0.1) is 0 Å². The van der Waals surface area contributed by atoms with Gasteiger partial charge in [-0.15, -0.1) is 0 Å². The molecule has 1 fully saturated rings. The maximum Gasteiger partial charge on any atom is 0.335 e. The van der Waals surface area contributed by atoms with Crippen LogP contribution in [0.1, 0.15) is 22.8 Å². The van der Waals surface area contributed by atoms with Crippen LogP contribution < -0.4 is 10.2 Å². The van der Waals surface area contributed by atoms with E-state index in [1.54, 1.807) is 12.1 Å². The van der Waals surface area contributed by atoms with E-state index >= 15 is 0 Å². The van der Waals surface area contributed by atoms with Crippen molar-refractivity contribution < 1.29 is 9.90 Å². The number of carboxylic acid groups (broad SMARTS) is 1. The number of hydrogen-bond donors (Lipinski definition) is 2. The molecule has 0 saturated carbocycles. The first-order valence-electron chi connectivity index (χ1n) is 8.80. The zero-order valence-corrected chi connectivity index (χ0v) is 14.6. The molecule has 0 aliphatic carbocycles. The summed E-state index contributed by atoms with van der Waals surface area (Å²) in [6, 6.07) is 15.4. The monoisotopic (exact) mass is 339 g/mol. The molecule has 1 aliphatic rings. The summed E-state index contributed by atoms with van der Waals surface area (Å²) in [5.41, 5.74) is 3.74. The van der Waals surface area contributed by atoms with E-state index in [9.17, 15) is 4.79 Å². The molecule has 0 atom stereocenters. The van der Waals surface area contributed by atoms with Gasteiger partial charge in [0, 0.05) is 32.7 Å². The summed E-state index contributed by atoms with van der Waals surface area (Å²) >= 11 is 0. The molecular formula is C20H25N3O2. The van der Waals surface area contributed by atoms with E-state index in [1.165, 1.54) is 5.69 Å². The summed E-state index contributed by atoms with van der Waals surface area (Å²) in [5.74, 6) is -0.893. The average Bonchev–Trinajstić information content (AvgIpc) is 2.67. The Hall–Kier alpha value is -2.53. The maximum atomic E-state index is 10.9. The van der Waals surface area contributed by atoms with E-state index in [-0.39, 0.29) is 0 Å². The Morgan fingerprint density at radius 1 is 1.04 bits per heavy atom. The molecule has 0 aromatic heterocycles. The third-order valence-electron chi connectivity index (χ3n) is 4.75. The maximum absolute atomic E-state index is 10.9. The molecule has 5 heteroatoms. The minimum absolute atomic E-state index is 0.318. The largest absolute Gasteiger partial charge is 0.478 e. The first kappa shape index (κ1) is 17.3. The van der Waals surface area contributed by atoms with E-state index in [0.717, 1.165) is 44.0 Å². The van der Waals surface area contributed by atoms with E-state index in [4.69, 9.17) is 5.11 Å². The number of rotatable bonds is 6. The summed E-state index contributed by atoms with van der Waals surface area (Å²) in [4.78, 5) is 15.8. The Bertz CT molecular complexity index is 707. The van der Waals surface area contributed by atoms with Crippen LogP contribution in [0.2, 0.25) is 0 Å². The summed E-state index contributed by atoms with van der Waals surface area (Å²) in [6.07, 6.45) is 0. The zero-order chi connectivity index (χ0) is 17.6. The number of carbonyl (C=O) groups is 1. The van der Waals surface area contributed by atoms with Crippen molar-refractivity contribution in [1.82, 2.24) is 4.90 Å². The van der Waals surface area contributed by atoms with Gasteiger partial charge in [-0.2, -0.15) is 0 Å². The molecule has 1 heterocycles. The van der Waals surface area contributed by atoms with Crippen LogP contribution in [-0.2, 0) is 6.54 Å². The average molecular weight is 339 g/mol. The zero-order valence-electron chi connectivity index (χ0n) is 14.6. The molecule has 0 radical (unpaired) electrons. The Balaban J connectivity index is 1.66. The molecule has 132 valence electrons. The van der Waals surface area contributed by atoms with Crippen molar-refractivity contribution in [3.63, 3.8) is 0 Å². The van der Waals surface area contributed by atoms with Crippen molar-refractivity contribution >= 4 is 17.3 Å². The summed E-state index contributed by atoms with van der Waals surface area (Å²) < 4.78 is 0. The van der Waals surface area contributed by atoms with Crippen LogP contribution in [0.15, 0.2) is 48.5 Å². The lowest BCUT2D eigenvalue weighted by atomic mass is 10.1. The number of likely N-dealkylation sites (N-methyl/N-ethyl adjacent to an activating group) is 1. The molecule has 3 rings (SSSR count). The fourth-order valence-electron chi connectivity index (χ4n) is 3.17. The van der Waals surface area contributed by atoms with Crippen LogP contribution >= 0.6 is 0 Å². The van der Waals surface area contributed by atoms with E-state index < -0.39 is 5.97 Å². The molecule has 0 spiro atoms. The number of anilines is 2. The topological polar surface area (TPSA) is 55.8 Å². The van der Waals surface area contributed by atoms with E-state index in [0.29, 0.717) is 12.1 Å². The highest BCUT2D eigenvalue weighted by molar-refractivity contribution is 5.87. The fraction of sp³-hybridized carbons (Fsp3) is 0.350. The van der Waals surface area contributed by atoms with E-state index in [2.05, 4.69) is 40.2 Å². The van der Waals surface area contributed by atoms with Gasteiger partial charge in [0.25, 0.3) is 0 Å². The second-order valence-corrected chi connectivity index (χ2v) is 6.29. The van der Waals surface area contributed by atoms with Gasteiger partial charge in [0.1, 0.15) is 0 Å². The van der Waals surface area contributed by atoms with Gasteiger partial charge in [0.15, 0.2) is 0 Å². The number of benzene rings is 2. The number of para-hydroxylation sites is 2. The normalized spacial score (nSPS) is 15.2. The third-order valence-corrected chi connectivity index (χ3v) is 4.75. The predicted molar refractivity (Wildman–Crippen MR) is 101 cm³/mol. The molecule has 0 bridgehead atoms. The fourth-order valence-corrected chi connectivity index (χ4v) is 3.17. The van der Waals surface area contributed by atoms with Crippen LogP contribution in [0.25, 0.3) is 0 Å². The molecule has 0 amide bonds. The van der Waals surface area contributed by atoms with Gasteiger partial charge >= 0.3 is 5.97 Å². The minimum atomic E-state index is -0.893. The van der Waals surface area contributed by atoms with Crippen molar-refractivity contribution in [3.05, 3.63) is 59.7 Å². The van der Waals surface area contributed by atoms with Gasteiger partial charge < -0.3 is 20.2 Å². The Kier molecular flexibility index (Phi) is 5.56. The number of hydrogen-bond acceptors (Lipinski definition) is 4. The number of nitrogens with zero attached hydrogens (tertiary/aromatic N) is 2. The Labute approximate surface area is 148 Å². The molecular weight excluding hydrogens is 314 g/mol. The molecule has 2 aromatic carbocycles. The molecule has 5 nitrogen and oxygen atoms in total. The Morgan fingerprint density at radius 3 is 2.36 bits per heavy atom.